The van der Waals surface area contributed by atoms with E-state index >= 15 is 0 Å². The number of methoxy groups -OCH3 is 2. The molecular formula is C23H32N4O8. The van der Waals surface area contributed by atoms with Crippen molar-refractivity contribution in [2.45, 2.75) is 52.7 Å². The number of nitrogens with two attached hydrogens (primary N) is 1. The van der Waals surface area contributed by atoms with E-state index in [0.29, 0.717) is 12.2 Å². The second kappa shape index (κ2) is 13.2. The summed E-state index contributed by atoms with van der Waals surface area (Å²) in [6, 6.07) is 2.80. The predicted octanol–water partition coefficient (Wildman–Crippen LogP) is 3.54. The molecule has 2 aromatic rings. The standard InChI is InChI=1S/C23H32N4O8/c1-6-9-10-11-34-23(30)35-18(7-2)27-25-19(20(26-27)22(29)33-8-3)21(28)14-12-16(31-4)17(32-5)13-15(14)24/h12-13,18H,6-11,24H2,1-5H3. The highest BCUT2D eigenvalue weighted by atomic mass is 16.7. The quantitative estimate of drug-likeness (QED) is 0.189. The van der Waals surface area contributed by atoms with Crippen molar-refractivity contribution in [2.75, 3.05) is 33.2 Å². The maximum absolute atomic E-state index is 13.4. The van der Waals surface area contributed by atoms with Gasteiger partial charge in [-0.05, 0) is 19.4 Å². The van der Waals surface area contributed by atoms with E-state index in [2.05, 4.69) is 10.2 Å². The van der Waals surface area contributed by atoms with Crippen LogP contribution in [0.1, 0.15) is 79.2 Å². The molecule has 0 amide bonds. The van der Waals surface area contributed by atoms with Crippen molar-refractivity contribution < 1.29 is 38.1 Å². The molecule has 12 nitrogen and oxygen atoms in total. The summed E-state index contributed by atoms with van der Waals surface area (Å²) < 4.78 is 25.9. The maximum atomic E-state index is 13.4. The Labute approximate surface area is 203 Å². The normalized spacial score (nSPS) is 11.5. The number of nitrogen functional groups attached to an aromatic ring is 1. The van der Waals surface area contributed by atoms with E-state index in [4.69, 9.17) is 29.4 Å². The minimum absolute atomic E-state index is 0.0181. The van der Waals surface area contributed by atoms with Crippen LogP contribution in [0.15, 0.2) is 12.1 Å². The van der Waals surface area contributed by atoms with Crippen LogP contribution in [0.3, 0.4) is 0 Å². The lowest BCUT2D eigenvalue weighted by atomic mass is 10.0. The summed E-state index contributed by atoms with van der Waals surface area (Å²) >= 11 is 0. The largest absolute Gasteiger partial charge is 0.510 e. The zero-order valence-corrected chi connectivity index (χ0v) is 20.7. The van der Waals surface area contributed by atoms with E-state index in [9.17, 15) is 14.4 Å². The fraction of sp³-hybridized carbons (Fsp3) is 0.522. The average molecular weight is 493 g/mol. The fourth-order valence-corrected chi connectivity index (χ4v) is 3.11. The molecule has 0 radical (unpaired) electrons. The smallest absolute Gasteiger partial charge is 0.493 e. The van der Waals surface area contributed by atoms with Crippen molar-refractivity contribution >= 4 is 23.6 Å². The number of carbonyl (C=O) groups is 3. The summed E-state index contributed by atoms with van der Waals surface area (Å²) in [7, 11) is 2.84. The molecule has 0 saturated carbocycles. The molecule has 2 rings (SSSR count). The predicted molar refractivity (Wildman–Crippen MR) is 125 cm³/mol. The second-order valence-corrected chi connectivity index (χ2v) is 7.35. The van der Waals surface area contributed by atoms with Gasteiger partial charge >= 0.3 is 12.1 Å². The summed E-state index contributed by atoms with van der Waals surface area (Å²) in [5, 5.41) is 8.25. The number of ketones is 1. The van der Waals surface area contributed by atoms with E-state index in [0.717, 1.165) is 17.6 Å². The van der Waals surface area contributed by atoms with Gasteiger partial charge in [0.1, 0.15) is 0 Å². The SMILES string of the molecule is CCCCCOC(=O)OC(CC)n1nc(C(=O)OCC)c(C(=O)c2cc(OC)c(OC)cc2N)n1. The average Bonchev–Trinajstić information content (AvgIpc) is 3.30. The molecule has 0 saturated heterocycles. The lowest BCUT2D eigenvalue weighted by Crippen LogP contribution is -2.20. The highest BCUT2D eigenvalue weighted by molar-refractivity contribution is 6.15. The lowest BCUT2D eigenvalue weighted by molar-refractivity contribution is -0.0178. The molecule has 0 aliphatic carbocycles. The van der Waals surface area contributed by atoms with Gasteiger partial charge in [-0.3, -0.25) is 4.79 Å². The van der Waals surface area contributed by atoms with Crippen molar-refractivity contribution in [1.29, 1.82) is 0 Å². The number of hydrogen-bond acceptors (Lipinski definition) is 11. The Morgan fingerprint density at radius 2 is 1.63 bits per heavy atom. The first-order chi connectivity index (χ1) is 16.8. The number of esters is 1. The van der Waals surface area contributed by atoms with Gasteiger partial charge in [0, 0.05) is 18.2 Å². The minimum Gasteiger partial charge on any atom is -0.493 e. The fourth-order valence-electron chi connectivity index (χ4n) is 3.11. The first kappa shape index (κ1) is 27.4. The van der Waals surface area contributed by atoms with Gasteiger partial charge in [0.15, 0.2) is 17.2 Å². The van der Waals surface area contributed by atoms with Gasteiger partial charge in [0.25, 0.3) is 0 Å². The van der Waals surface area contributed by atoms with E-state index in [1.54, 1.807) is 13.8 Å². The number of unbranched alkanes of at least 4 members (excludes halogenated alkanes) is 2. The lowest BCUT2D eigenvalue weighted by Gasteiger charge is -2.15. The van der Waals surface area contributed by atoms with Crippen LogP contribution in [0.4, 0.5) is 10.5 Å². The molecule has 0 aliphatic heterocycles. The molecule has 1 heterocycles. The zero-order chi connectivity index (χ0) is 26.0. The van der Waals surface area contributed by atoms with Crippen molar-refractivity contribution in [1.82, 2.24) is 15.0 Å². The van der Waals surface area contributed by atoms with E-state index < -0.39 is 24.1 Å². The number of nitrogens with zero attached hydrogens (tertiary/aromatic N) is 3. The molecule has 1 unspecified atom stereocenters. The van der Waals surface area contributed by atoms with Crippen LogP contribution in [-0.2, 0) is 14.2 Å². The molecule has 12 heteroatoms. The van der Waals surface area contributed by atoms with Crippen LogP contribution >= 0.6 is 0 Å². The first-order valence-electron chi connectivity index (χ1n) is 11.3. The second-order valence-electron chi connectivity index (χ2n) is 7.35. The van der Waals surface area contributed by atoms with Gasteiger partial charge in [-0.25, -0.2) is 9.59 Å². The van der Waals surface area contributed by atoms with Crippen LogP contribution in [-0.4, -0.2) is 60.3 Å². The Kier molecular flexibility index (Phi) is 10.3. The van der Waals surface area contributed by atoms with Gasteiger partial charge in [-0.2, -0.15) is 0 Å². The maximum Gasteiger partial charge on any atom is 0.510 e. The van der Waals surface area contributed by atoms with Gasteiger partial charge in [-0.1, -0.05) is 26.7 Å². The van der Waals surface area contributed by atoms with Gasteiger partial charge < -0.3 is 29.4 Å². The van der Waals surface area contributed by atoms with E-state index in [1.165, 1.54) is 26.4 Å². The van der Waals surface area contributed by atoms with Crippen LogP contribution in [0.2, 0.25) is 0 Å². The summed E-state index contributed by atoms with van der Waals surface area (Å²) in [6.45, 7) is 5.63. The number of carbonyl (C=O) groups excluding carboxylic acids is 3. The van der Waals surface area contributed by atoms with Gasteiger partial charge in [-0.15, -0.1) is 15.0 Å². The third kappa shape index (κ3) is 6.84. The van der Waals surface area contributed by atoms with Crippen molar-refractivity contribution in [3.05, 3.63) is 29.1 Å². The molecule has 0 aliphatic rings. The van der Waals surface area contributed by atoms with Crippen LogP contribution < -0.4 is 15.2 Å². The molecule has 1 atom stereocenters. The summed E-state index contributed by atoms with van der Waals surface area (Å²) in [5.41, 5.74) is 5.49. The Hall–Kier alpha value is -3.83. The number of rotatable bonds is 13. The summed E-state index contributed by atoms with van der Waals surface area (Å²) in [5.74, 6) is -0.976. The summed E-state index contributed by atoms with van der Waals surface area (Å²) in [4.78, 5) is 39.0. The molecule has 35 heavy (non-hydrogen) atoms. The number of anilines is 1. The minimum atomic E-state index is -1.02. The highest BCUT2D eigenvalue weighted by Crippen LogP contribution is 2.33. The number of hydrogen-bond donors (Lipinski definition) is 1. The Bertz CT molecular complexity index is 1040. The molecular weight excluding hydrogens is 460 g/mol. The molecule has 1 aromatic carbocycles. The molecule has 0 fully saturated rings. The number of ether oxygens (including phenoxy) is 5. The Morgan fingerprint density at radius 3 is 2.23 bits per heavy atom. The first-order valence-corrected chi connectivity index (χ1v) is 11.3. The third-order valence-corrected chi connectivity index (χ3v) is 4.92. The van der Waals surface area contributed by atoms with Crippen molar-refractivity contribution in [3.8, 4) is 11.5 Å². The van der Waals surface area contributed by atoms with Gasteiger partial charge in [0.05, 0.1) is 33.0 Å². The van der Waals surface area contributed by atoms with Crippen LogP contribution in [0.5, 0.6) is 11.5 Å². The molecule has 0 spiro atoms. The molecule has 1 aromatic heterocycles. The third-order valence-electron chi connectivity index (χ3n) is 4.92. The van der Waals surface area contributed by atoms with E-state index in [-0.39, 0.29) is 48.0 Å². The number of benzene rings is 1. The molecule has 2 N–H and O–H groups in total. The van der Waals surface area contributed by atoms with Crippen LogP contribution in [0, 0.1) is 0 Å². The monoisotopic (exact) mass is 492 g/mol. The van der Waals surface area contributed by atoms with Crippen molar-refractivity contribution in [3.63, 3.8) is 0 Å². The van der Waals surface area contributed by atoms with Crippen LogP contribution in [0.25, 0.3) is 0 Å². The van der Waals surface area contributed by atoms with Gasteiger partial charge in [0.2, 0.25) is 17.7 Å². The Balaban J connectivity index is 2.41. The highest BCUT2D eigenvalue weighted by Gasteiger charge is 2.30. The number of aromatic nitrogens is 3. The zero-order valence-electron chi connectivity index (χ0n) is 20.7. The topological polar surface area (TPSA) is 154 Å². The molecule has 192 valence electrons. The van der Waals surface area contributed by atoms with E-state index in [1.807, 2.05) is 6.92 Å². The molecule has 0 bridgehead atoms. The summed E-state index contributed by atoms with van der Waals surface area (Å²) in [6.07, 6.45) is 0.920. The van der Waals surface area contributed by atoms with Crippen molar-refractivity contribution in [2.24, 2.45) is 0 Å². The Morgan fingerprint density at radius 1 is 0.971 bits per heavy atom.